The monoisotopic (exact) mass is 243 g/mol. The number of nitrogens with zero attached hydrogens (tertiary/aromatic N) is 2. The summed E-state index contributed by atoms with van der Waals surface area (Å²) in [6, 6.07) is 11.3. The predicted molar refractivity (Wildman–Crippen MR) is 70.1 cm³/mol. The van der Waals surface area contributed by atoms with E-state index in [0.717, 1.165) is 22.6 Å². The van der Waals surface area contributed by atoms with Crippen molar-refractivity contribution in [3.05, 3.63) is 53.8 Å². The van der Waals surface area contributed by atoms with Crippen molar-refractivity contribution in [1.29, 1.82) is 0 Å². The Kier molecular flexibility index (Phi) is 2.27. The highest BCUT2D eigenvalue weighted by atomic mass is 35.5. The van der Waals surface area contributed by atoms with Crippen LogP contribution in [0.3, 0.4) is 0 Å². The summed E-state index contributed by atoms with van der Waals surface area (Å²) in [5, 5.41) is 0.683. The molecule has 0 saturated heterocycles. The number of pyridine rings is 1. The highest BCUT2D eigenvalue weighted by molar-refractivity contribution is 6.30. The van der Waals surface area contributed by atoms with Crippen LogP contribution in [0.5, 0.6) is 0 Å². The predicted octanol–water partition coefficient (Wildman–Crippen LogP) is 3.24. The van der Waals surface area contributed by atoms with E-state index in [1.54, 1.807) is 0 Å². The molecule has 0 amide bonds. The van der Waals surface area contributed by atoms with Gasteiger partial charge in [-0.25, -0.2) is 4.98 Å². The van der Waals surface area contributed by atoms with Crippen molar-refractivity contribution in [1.82, 2.24) is 9.38 Å². The Morgan fingerprint density at radius 1 is 1.18 bits per heavy atom. The quantitative estimate of drug-likeness (QED) is 0.667. The zero-order valence-corrected chi connectivity index (χ0v) is 9.72. The number of rotatable bonds is 1. The molecular weight excluding hydrogens is 234 g/mol. The molecule has 17 heavy (non-hydrogen) atoms. The van der Waals surface area contributed by atoms with Gasteiger partial charge in [0.25, 0.3) is 0 Å². The Labute approximate surface area is 103 Å². The van der Waals surface area contributed by atoms with E-state index in [1.165, 1.54) is 0 Å². The first kappa shape index (κ1) is 10.2. The van der Waals surface area contributed by atoms with Gasteiger partial charge in [0, 0.05) is 34.7 Å². The lowest BCUT2D eigenvalue weighted by Crippen LogP contribution is -1.84. The minimum atomic E-state index is 0.683. The Balaban J connectivity index is 2.18. The summed E-state index contributed by atoms with van der Waals surface area (Å²) in [4.78, 5) is 4.51. The second-order valence-electron chi connectivity index (χ2n) is 3.86. The Bertz CT molecular complexity index is 688. The minimum absolute atomic E-state index is 0.683. The van der Waals surface area contributed by atoms with Gasteiger partial charge in [-0.2, -0.15) is 0 Å². The molecule has 0 aliphatic heterocycles. The molecule has 4 heteroatoms. The van der Waals surface area contributed by atoms with E-state index in [-0.39, 0.29) is 0 Å². The molecule has 0 bridgehead atoms. The van der Waals surface area contributed by atoms with Gasteiger partial charge in [-0.3, -0.25) is 0 Å². The third-order valence-corrected chi connectivity index (χ3v) is 2.84. The molecule has 0 unspecified atom stereocenters. The molecular formula is C13H10ClN3. The van der Waals surface area contributed by atoms with E-state index in [9.17, 15) is 0 Å². The van der Waals surface area contributed by atoms with Gasteiger partial charge in [0.2, 0.25) is 0 Å². The average Bonchev–Trinajstić information content (AvgIpc) is 2.72. The molecule has 0 aliphatic carbocycles. The van der Waals surface area contributed by atoms with Crippen LogP contribution in [-0.4, -0.2) is 9.38 Å². The van der Waals surface area contributed by atoms with Crippen LogP contribution in [0.1, 0.15) is 0 Å². The second kappa shape index (κ2) is 3.79. The third kappa shape index (κ3) is 1.85. The number of aromatic nitrogens is 2. The molecule has 0 saturated carbocycles. The first-order valence-electron chi connectivity index (χ1n) is 5.22. The van der Waals surface area contributed by atoms with Crippen LogP contribution in [0.4, 0.5) is 5.69 Å². The summed E-state index contributed by atoms with van der Waals surface area (Å²) in [5.41, 5.74) is 9.21. The molecule has 3 nitrogen and oxygen atoms in total. The van der Waals surface area contributed by atoms with Crippen molar-refractivity contribution in [3.63, 3.8) is 0 Å². The van der Waals surface area contributed by atoms with E-state index in [2.05, 4.69) is 4.98 Å². The van der Waals surface area contributed by atoms with Gasteiger partial charge in [-0.15, -0.1) is 0 Å². The Hall–Kier alpha value is -2.00. The minimum Gasteiger partial charge on any atom is -0.399 e. The van der Waals surface area contributed by atoms with Gasteiger partial charge >= 0.3 is 0 Å². The topological polar surface area (TPSA) is 43.3 Å². The first-order valence-corrected chi connectivity index (χ1v) is 5.60. The normalized spacial score (nSPS) is 10.9. The fraction of sp³-hybridized carbons (Fsp3) is 0. The number of nitrogens with two attached hydrogens (primary N) is 1. The molecule has 3 aromatic rings. The van der Waals surface area contributed by atoms with Gasteiger partial charge in [0.15, 0.2) is 0 Å². The van der Waals surface area contributed by atoms with Crippen LogP contribution in [0.25, 0.3) is 16.9 Å². The molecule has 0 radical (unpaired) electrons. The van der Waals surface area contributed by atoms with Crippen LogP contribution < -0.4 is 5.73 Å². The van der Waals surface area contributed by atoms with Gasteiger partial charge in [-0.05, 0) is 18.2 Å². The largest absolute Gasteiger partial charge is 0.399 e. The van der Waals surface area contributed by atoms with Crippen LogP contribution in [0.15, 0.2) is 48.8 Å². The maximum Gasteiger partial charge on any atom is 0.138 e. The summed E-state index contributed by atoms with van der Waals surface area (Å²) < 4.78 is 1.93. The van der Waals surface area contributed by atoms with Gasteiger partial charge in [0.05, 0.1) is 5.69 Å². The number of hydrogen-bond donors (Lipinski definition) is 1. The molecule has 3 rings (SSSR count). The van der Waals surface area contributed by atoms with E-state index in [1.807, 2.05) is 53.2 Å². The summed E-state index contributed by atoms with van der Waals surface area (Å²) >= 11 is 5.93. The lowest BCUT2D eigenvalue weighted by atomic mass is 10.1. The van der Waals surface area contributed by atoms with Crippen LogP contribution in [-0.2, 0) is 0 Å². The Morgan fingerprint density at radius 2 is 2.06 bits per heavy atom. The standard InChI is InChI=1S/C13H10ClN3/c14-10-4-5-17-8-12(16-13(17)7-10)9-2-1-3-11(15)6-9/h1-8H,15H2. The van der Waals surface area contributed by atoms with Crippen LogP contribution in [0, 0.1) is 0 Å². The SMILES string of the molecule is Nc1cccc(-c2cn3ccc(Cl)cc3n2)c1. The molecule has 0 fully saturated rings. The van der Waals surface area contributed by atoms with Crippen molar-refractivity contribution in [2.24, 2.45) is 0 Å². The smallest absolute Gasteiger partial charge is 0.138 e. The highest BCUT2D eigenvalue weighted by Crippen LogP contribution is 2.22. The molecule has 2 heterocycles. The van der Waals surface area contributed by atoms with Crippen LogP contribution >= 0.6 is 11.6 Å². The van der Waals surface area contributed by atoms with Gasteiger partial charge in [0.1, 0.15) is 5.65 Å². The second-order valence-corrected chi connectivity index (χ2v) is 4.30. The van der Waals surface area contributed by atoms with Crippen molar-refractivity contribution in [3.8, 4) is 11.3 Å². The third-order valence-electron chi connectivity index (χ3n) is 2.60. The molecule has 2 N–H and O–H groups in total. The van der Waals surface area contributed by atoms with E-state index in [4.69, 9.17) is 17.3 Å². The zero-order chi connectivity index (χ0) is 11.8. The lowest BCUT2D eigenvalue weighted by molar-refractivity contribution is 1.19. The van der Waals surface area contributed by atoms with Crippen molar-refractivity contribution in [2.45, 2.75) is 0 Å². The maximum atomic E-state index is 5.93. The Morgan fingerprint density at radius 3 is 2.88 bits per heavy atom. The number of halogens is 1. The summed E-state index contributed by atoms with van der Waals surface area (Å²) in [7, 11) is 0. The number of nitrogen functional groups attached to an aromatic ring is 1. The average molecular weight is 244 g/mol. The number of benzene rings is 1. The molecule has 0 spiro atoms. The van der Waals surface area contributed by atoms with Crippen LogP contribution in [0.2, 0.25) is 5.02 Å². The summed E-state index contributed by atoms with van der Waals surface area (Å²) in [5.74, 6) is 0. The van der Waals surface area contributed by atoms with Crippen molar-refractivity contribution in [2.75, 3.05) is 5.73 Å². The molecule has 84 valence electrons. The van der Waals surface area contributed by atoms with E-state index in [0.29, 0.717) is 5.02 Å². The molecule has 1 aromatic carbocycles. The summed E-state index contributed by atoms with van der Waals surface area (Å²) in [6.45, 7) is 0. The number of hydrogen-bond acceptors (Lipinski definition) is 2. The van der Waals surface area contributed by atoms with Crippen molar-refractivity contribution < 1.29 is 0 Å². The van der Waals surface area contributed by atoms with E-state index >= 15 is 0 Å². The summed E-state index contributed by atoms with van der Waals surface area (Å²) in [6.07, 6.45) is 3.85. The molecule has 0 atom stereocenters. The van der Waals surface area contributed by atoms with Crippen molar-refractivity contribution >= 4 is 22.9 Å². The molecule has 0 aliphatic rings. The van der Waals surface area contributed by atoms with Gasteiger partial charge in [-0.1, -0.05) is 23.7 Å². The zero-order valence-electron chi connectivity index (χ0n) is 8.97. The lowest BCUT2D eigenvalue weighted by Gasteiger charge is -1.96. The number of anilines is 1. The number of imidazole rings is 1. The fourth-order valence-electron chi connectivity index (χ4n) is 1.79. The highest BCUT2D eigenvalue weighted by Gasteiger charge is 2.04. The maximum absolute atomic E-state index is 5.93. The number of fused-ring (bicyclic) bond motifs is 1. The molecule has 2 aromatic heterocycles. The van der Waals surface area contributed by atoms with E-state index < -0.39 is 0 Å². The fourth-order valence-corrected chi connectivity index (χ4v) is 1.95. The van der Waals surface area contributed by atoms with Gasteiger partial charge < -0.3 is 10.1 Å². The first-order chi connectivity index (χ1) is 8.22.